The highest BCUT2D eigenvalue weighted by molar-refractivity contribution is 9.10. The fraction of sp³-hybridized carbons (Fsp3) is 0.519. The first-order valence-electron chi connectivity index (χ1n) is 13.5. The second-order valence-corrected chi connectivity index (χ2v) is 13.0. The van der Waals surface area contributed by atoms with Crippen LogP contribution in [-0.4, -0.2) is 67.9 Å². The molecule has 2 aliphatic heterocycles. The van der Waals surface area contributed by atoms with Crippen molar-refractivity contribution in [3.05, 3.63) is 22.9 Å². The van der Waals surface area contributed by atoms with Gasteiger partial charge in [-0.05, 0) is 80.9 Å². The molecule has 2 aliphatic rings. The summed E-state index contributed by atoms with van der Waals surface area (Å²) in [5.74, 6) is 1.85. The molecule has 2 atom stereocenters. The molecule has 220 valence electrons. The van der Waals surface area contributed by atoms with Gasteiger partial charge in [-0.2, -0.15) is 0 Å². The molecule has 1 saturated heterocycles. The zero-order chi connectivity index (χ0) is 29.3. The lowest BCUT2D eigenvalue weighted by Gasteiger charge is -2.34. The van der Waals surface area contributed by atoms with Gasteiger partial charge in [0.05, 0.1) is 0 Å². The first-order valence-corrected chi connectivity index (χ1v) is 15.1. The Kier molecular flexibility index (Phi) is 8.50. The number of nitrogens with one attached hydrogen (secondary N) is 1. The number of hydrogen-bond donors (Lipinski definition) is 2. The van der Waals surface area contributed by atoms with Crippen LogP contribution in [-0.2, 0) is 16.1 Å². The van der Waals surface area contributed by atoms with Crippen LogP contribution in [0.25, 0.3) is 11.2 Å². The van der Waals surface area contributed by atoms with Crippen LogP contribution in [0, 0.1) is 5.92 Å². The minimum absolute atomic E-state index is 0.113. The number of anilines is 1. The van der Waals surface area contributed by atoms with E-state index in [1.54, 1.807) is 27.7 Å². The van der Waals surface area contributed by atoms with Gasteiger partial charge in [-0.1, -0.05) is 11.8 Å². The molecule has 2 amide bonds. The number of aromatic nitrogens is 4. The van der Waals surface area contributed by atoms with Crippen molar-refractivity contribution in [1.82, 2.24) is 29.7 Å². The van der Waals surface area contributed by atoms with Crippen molar-refractivity contribution in [1.29, 1.82) is 0 Å². The van der Waals surface area contributed by atoms with E-state index >= 15 is 0 Å². The number of likely N-dealkylation sites (tertiary alicyclic amines) is 1. The second kappa shape index (κ2) is 11.9. The number of nitrogen functional groups attached to an aromatic ring is 1. The number of nitrogens with two attached hydrogens (primary N) is 1. The van der Waals surface area contributed by atoms with Crippen LogP contribution in [0.3, 0.4) is 0 Å². The summed E-state index contributed by atoms with van der Waals surface area (Å²) in [5, 5.41) is 3.39. The Hall–Kier alpha value is -3.26. The first kappa shape index (κ1) is 29.2. The maximum atomic E-state index is 13.1. The standard InChI is InChI=1S/C27H34BrN7O5S/c1-15(32-26(37)40-27(2,3)4)24(36)34-8-5-6-16(12-34)7-9-35-23-21(22(29)30-13-31-23)33-25(35)41-20-11-19-18(10-17(20)28)38-14-39-19/h10-11,13,15-16H,5-9,12,14H2,1-4H3,(H,32,37)(H2,29,30,31)/t15-,16?/m0/s1. The van der Waals surface area contributed by atoms with E-state index in [2.05, 4.69) is 35.8 Å². The molecule has 2 aromatic heterocycles. The van der Waals surface area contributed by atoms with E-state index in [-0.39, 0.29) is 18.6 Å². The SMILES string of the molecule is C[C@H](NC(=O)OC(C)(C)C)C(=O)N1CCCC(CCn2c(Sc3cc4c(cc3Br)OCO4)nc3c(N)ncnc32)C1. The number of hydrogen-bond acceptors (Lipinski definition) is 10. The molecule has 1 aromatic carbocycles. The number of carbonyl (C=O) groups is 2. The Balaban J connectivity index is 1.28. The predicted molar refractivity (Wildman–Crippen MR) is 157 cm³/mol. The number of halogens is 1. The molecule has 12 nitrogen and oxygen atoms in total. The molecule has 0 aliphatic carbocycles. The summed E-state index contributed by atoms with van der Waals surface area (Å²) in [6.45, 7) is 9.15. The average Bonchev–Trinajstić information content (AvgIpc) is 3.50. The number of rotatable bonds is 7. The number of fused-ring (bicyclic) bond motifs is 2. The number of carbonyl (C=O) groups excluding carboxylic acids is 2. The fourth-order valence-corrected chi connectivity index (χ4v) is 6.43. The summed E-state index contributed by atoms with van der Waals surface area (Å²) in [4.78, 5) is 41.5. The highest BCUT2D eigenvalue weighted by Gasteiger charge is 2.29. The van der Waals surface area contributed by atoms with Gasteiger partial charge in [-0.3, -0.25) is 4.79 Å². The lowest BCUT2D eigenvalue weighted by Crippen LogP contribution is -2.50. The summed E-state index contributed by atoms with van der Waals surface area (Å²) < 4.78 is 19.3. The number of piperidine rings is 1. The van der Waals surface area contributed by atoms with E-state index in [0.717, 1.165) is 33.8 Å². The maximum Gasteiger partial charge on any atom is 0.408 e. The smallest absolute Gasteiger partial charge is 0.408 e. The third kappa shape index (κ3) is 6.80. The van der Waals surface area contributed by atoms with Gasteiger partial charge in [-0.15, -0.1) is 0 Å². The number of ether oxygens (including phenoxy) is 3. The van der Waals surface area contributed by atoms with Crippen LogP contribution in [0.1, 0.15) is 47.0 Å². The molecular weight excluding hydrogens is 614 g/mol. The van der Waals surface area contributed by atoms with Gasteiger partial charge in [0.25, 0.3) is 0 Å². The summed E-state index contributed by atoms with van der Waals surface area (Å²) >= 11 is 5.11. The van der Waals surface area contributed by atoms with Crippen LogP contribution in [0.2, 0.25) is 0 Å². The van der Waals surface area contributed by atoms with Crippen LogP contribution in [0.15, 0.2) is 33.0 Å². The molecule has 41 heavy (non-hydrogen) atoms. The monoisotopic (exact) mass is 647 g/mol. The molecule has 14 heteroatoms. The normalized spacial score (nSPS) is 17.5. The molecule has 0 bridgehead atoms. The van der Waals surface area contributed by atoms with Gasteiger partial charge in [0, 0.05) is 29.0 Å². The molecule has 5 rings (SSSR count). The van der Waals surface area contributed by atoms with Gasteiger partial charge in [0.15, 0.2) is 33.6 Å². The van der Waals surface area contributed by atoms with E-state index in [9.17, 15) is 9.59 Å². The van der Waals surface area contributed by atoms with Crippen LogP contribution < -0.4 is 20.5 Å². The van der Waals surface area contributed by atoms with Gasteiger partial charge in [0.1, 0.15) is 18.0 Å². The Labute approximate surface area is 250 Å². The maximum absolute atomic E-state index is 13.1. The fourth-order valence-electron chi connectivity index (χ4n) is 4.92. The summed E-state index contributed by atoms with van der Waals surface area (Å²) in [5.41, 5.74) is 6.74. The van der Waals surface area contributed by atoms with Gasteiger partial charge in [-0.25, -0.2) is 19.7 Å². The van der Waals surface area contributed by atoms with Crippen molar-refractivity contribution < 1.29 is 23.8 Å². The van der Waals surface area contributed by atoms with Gasteiger partial charge >= 0.3 is 6.09 Å². The summed E-state index contributed by atoms with van der Waals surface area (Å²) in [6, 6.07) is 3.13. The number of benzene rings is 1. The Bertz CT molecular complexity index is 1460. The van der Waals surface area contributed by atoms with E-state index in [4.69, 9.17) is 24.9 Å². The van der Waals surface area contributed by atoms with Crippen LogP contribution in [0.4, 0.5) is 10.6 Å². The number of nitrogens with zero attached hydrogens (tertiary/aromatic N) is 5. The first-order chi connectivity index (χ1) is 19.5. The minimum Gasteiger partial charge on any atom is -0.454 e. The average molecular weight is 649 g/mol. The van der Waals surface area contributed by atoms with Crippen molar-refractivity contribution in [3.8, 4) is 11.5 Å². The Morgan fingerprint density at radius 3 is 2.78 bits per heavy atom. The van der Waals surface area contributed by atoms with Gasteiger partial charge in [0.2, 0.25) is 12.7 Å². The summed E-state index contributed by atoms with van der Waals surface area (Å²) in [6.07, 6.45) is 3.54. The lowest BCUT2D eigenvalue weighted by molar-refractivity contribution is -0.134. The van der Waals surface area contributed by atoms with E-state index < -0.39 is 17.7 Å². The summed E-state index contributed by atoms with van der Waals surface area (Å²) in [7, 11) is 0. The zero-order valence-electron chi connectivity index (χ0n) is 23.5. The van der Waals surface area contributed by atoms with Crippen molar-refractivity contribution in [2.24, 2.45) is 5.92 Å². The Morgan fingerprint density at radius 2 is 2.02 bits per heavy atom. The van der Waals surface area contributed by atoms with Crippen LogP contribution >= 0.6 is 27.7 Å². The second-order valence-electron chi connectivity index (χ2n) is 11.2. The molecule has 0 spiro atoms. The van der Waals surface area contributed by atoms with Crippen molar-refractivity contribution in [2.45, 2.75) is 75.2 Å². The van der Waals surface area contributed by atoms with Crippen molar-refractivity contribution >= 4 is 56.7 Å². The number of alkyl carbamates (subject to hydrolysis) is 1. The number of amides is 2. The molecule has 4 heterocycles. The lowest BCUT2D eigenvalue weighted by atomic mass is 9.94. The van der Waals surface area contributed by atoms with Crippen molar-refractivity contribution in [2.75, 3.05) is 25.6 Å². The molecule has 1 unspecified atom stereocenters. The van der Waals surface area contributed by atoms with Crippen LogP contribution in [0.5, 0.6) is 11.5 Å². The number of imidazole rings is 1. The molecule has 0 radical (unpaired) electrons. The highest BCUT2D eigenvalue weighted by atomic mass is 79.9. The molecule has 1 fully saturated rings. The Morgan fingerprint density at radius 1 is 1.27 bits per heavy atom. The largest absolute Gasteiger partial charge is 0.454 e. The minimum atomic E-state index is -0.677. The van der Waals surface area contributed by atoms with E-state index in [1.165, 1.54) is 18.1 Å². The topological polar surface area (TPSA) is 147 Å². The molecular formula is C27H34BrN7O5S. The van der Waals surface area contributed by atoms with E-state index in [0.29, 0.717) is 48.1 Å². The highest BCUT2D eigenvalue weighted by Crippen LogP contribution is 2.43. The molecule has 3 aromatic rings. The third-order valence-electron chi connectivity index (χ3n) is 6.85. The zero-order valence-corrected chi connectivity index (χ0v) is 25.9. The predicted octanol–water partition coefficient (Wildman–Crippen LogP) is 4.59. The number of aryl methyl sites for hydroxylation is 1. The molecule has 0 saturated carbocycles. The third-order valence-corrected chi connectivity index (χ3v) is 8.82. The van der Waals surface area contributed by atoms with Crippen molar-refractivity contribution in [3.63, 3.8) is 0 Å². The van der Waals surface area contributed by atoms with Gasteiger partial charge < -0.3 is 34.7 Å². The van der Waals surface area contributed by atoms with E-state index in [1.807, 2.05) is 17.0 Å². The quantitative estimate of drug-likeness (QED) is 0.373. The molecule has 3 N–H and O–H groups in total.